The maximum atomic E-state index is 13.0. The van der Waals surface area contributed by atoms with Crippen LogP contribution in [0, 0.1) is 6.92 Å². The number of aromatic nitrogens is 1. The molecule has 1 heterocycles. The third-order valence-electron chi connectivity index (χ3n) is 4.41. The van der Waals surface area contributed by atoms with E-state index in [1.54, 1.807) is 48.5 Å². The molecule has 0 fully saturated rings. The van der Waals surface area contributed by atoms with Gasteiger partial charge in [0, 0.05) is 18.1 Å². The fraction of sp³-hybridized carbons (Fsp3) is 0.208. The fourth-order valence-corrected chi connectivity index (χ4v) is 2.92. The summed E-state index contributed by atoms with van der Waals surface area (Å²) in [6.07, 6.45) is 3.40. The lowest BCUT2D eigenvalue weighted by atomic mass is 10.1. The number of hydrogen-bond acceptors (Lipinski definition) is 5. The number of pyridine rings is 1. The van der Waals surface area contributed by atoms with Gasteiger partial charge in [-0.3, -0.25) is 9.78 Å². The predicted molar refractivity (Wildman–Crippen MR) is 114 cm³/mol. The number of aryl methyl sites for hydroxylation is 1. The van der Waals surface area contributed by atoms with E-state index in [4.69, 9.17) is 9.47 Å². The molecular weight excluding hydrogens is 380 g/mol. The Balaban J connectivity index is 1.79. The van der Waals surface area contributed by atoms with Gasteiger partial charge in [0.1, 0.15) is 5.75 Å². The molecule has 1 amide bonds. The summed E-state index contributed by atoms with van der Waals surface area (Å²) in [4.78, 5) is 30.7. The van der Waals surface area contributed by atoms with E-state index in [1.165, 1.54) is 0 Å². The van der Waals surface area contributed by atoms with Gasteiger partial charge in [0.25, 0.3) is 5.91 Å². The molecule has 0 unspecified atom stereocenters. The molecule has 0 aliphatic heterocycles. The number of amides is 1. The number of anilines is 1. The molecule has 6 nitrogen and oxygen atoms in total. The lowest BCUT2D eigenvalue weighted by Gasteiger charge is -2.23. The fourth-order valence-electron chi connectivity index (χ4n) is 2.92. The first kappa shape index (κ1) is 21.0. The molecule has 3 aromatic rings. The SMILES string of the molecule is CCOC(=O)c1ccc(N(Cc2cccnc2)C(=O)COc2cccc(C)c2)cc1. The van der Waals surface area contributed by atoms with Gasteiger partial charge in [0.15, 0.2) is 6.61 Å². The van der Waals surface area contributed by atoms with Crippen LogP contribution in [0.4, 0.5) is 5.69 Å². The van der Waals surface area contributed by atoms with Crippen LogP contribution in [-0.2, 0) is 16.1 Å². The van der Waals surface area contributed by atoms with Crippen molar-refractivity contribution in [1.82, 2.24) is 4.98 Å². The van der Waals surface area contributed by atoms with E-state index >= 15 is 0 Å². The van der Waals surface area contributed by atoms with Crippen LogP contribution in [0.1, 0.15) is 28.4 Å². The molecule has 0 aliphatic carbocycles. The zero-order valence-electron chi connectivity index (χ0n) is 17.1. The van der Waals surface area contributed by atoms with Crippen molar-refractivity contribution in [3.63, 3.8) is 0 Å². The van der Waals surface area contributed by atoms with E-state index in [1.807, 2.05) is 43.3 Å². The van der Waals surface area contributed by atoms with Crippen LogP contribution >= 0.6 is 0 Å². The highest BCUT2D eigenvalue weighted by atomic mass is 16.5. The van der Waals surface area contributed by atoms with Crippen LogP contribution in [0.2, 0.25) is 0 Å². The molecule has 1 aromatic heterocycles. The van der Waals surface area contributed by atoms with Crippen LogP contribution in [0.3, 0.4) is 0 Å². The highest BCUT2D eigenvalue weighted by Crippen LogP contribution is 2.20. The maximum absolute atomic E-state index is 13.0. The third kappa shape index (κ3) is 5.67. The molecule has 0 atom stereocenters. The molecule has 3 rings (SSSR count). The largest absolute Gasteiger partial charge is 0.484 e. The second kappa shape index (κ2) is 10.2. The van der Waals surface area contributed by atoms with Crippen LogP contribution in [0.25, 0.3) is 0 Å². The van der Waals surface area contributed by atoms with Crippen LogP contribution in [-0.4, -0.2) is 30.1 Å². The molecule has 0 saturated carbocycles. The topological polar surface area (TPSA) is 68.7 Å². The van der Waals surface area contributed by atoms with Crippen molar-refractivity contribution in [1.29, 1.82) is 0 Å². The molecule has 154 valence electrons. The summed E-state index contributed by atoms with van der Waals surface area (Å²) in [5.41, 5.74) is 3.03. The highest BCUT2D eigenvalue weighted by Gasteiger charge is 2.18. The summed E-state index contributed by atoms with van der Waals surface area (Å²) < 4.78 is 10.7. The predicted octanol–water partition coefficient (Wildman–Crippen LogP) is 4.18. The molecule has 0 bridgehead atoms. The number of carbonyl (C=O) groups excluding carboxylic acids is 2. The highest BCUT2D eigenvalue weighted by molar-refractivity contribution is 5.95. The number of hydrogen-bond donors (Lipinski definition) is 0. The van der Waals surface area contributed by atoms with Gasteiger partial charge in [-0.15, -0.1) is 0 Å². The lowest BCUT2D eigenvalue weighted by molar-refractivity contribution is -0.120. The molecular formula is C24H24N2O4. The van der Waals surface area contributed by atoms with Gasteiger partial charge in [0.2, 0.25) is 0 Å². The third-order valence-corrected chi connectivity index (χ3v) is 4.41. The average Bonchev–Trinajstić information content (AvgIpc) is 2.77. The van der Waals surface area contributed by atoms with Crippen molar-refractivity contribution in [2.75, 3.05) is 18.1 Å². The van der Waals surface area contributed by atoms with Gasteiger partial charge in [-0.1, -0.05) is 18.2 Å². The number of esters is 1. The molecule has 0 spiro atoms. The smallest absolute Gasteiger partial charge is 0.338 e. The van der Waals surface area contributed by atoms with Crippen LogP contribution < -0.4 is 9.64 Å². The first-order valence-electron chi connectivity index (χ1n) is 9.72. The Morgan fingerprint density at radius 1 is 1.03 bits per heavy atom. The van der Waals surface area contributed by atoms with Gasteiger partial charge in [-0.05, 0) is 67.4 Å². The molecule has 0 aliphatic rings. The monoisotopic (exact) mass is 404 g/mol. The molecule has 2 aromatic carbocycles. The van der Waals surface area contributed by atoms with Crippen LogP contribution in [0.5, 0.6) is 5.75 Å². The van der Waals surface area contributed by atoms with E-state index in [0.29, 0.717) is 30.2 Å². The summed E-state index contributed by atoms with van der Waals surface area (Å²) in [6.45, 7) is 4.26. The van der Waals surface area contributed by atoms with Crippen molar-refractivity contribution >= 4 is 17.6 Å². The summed E-state index contributed by atoms with van der Waals surface area (Å²) in [7, 11) is 0. The Bertz CT molecular complexity index is 988. The Kier molecular flexibility index (Phi) is 7.16. The summed E-state index contributed by atoms with van der Waals surface area (Å²) >= 11 is 0. The molecule has 0 saturated heterocycles. The number of benzene rings is 2. The summed E-state index contributed by atoms with van der Waals surface area (Å²) in [5.74, 6) is 0.0450. The zero-order valence-corrected chi connectivity index (χ0v) is 17.1. The average molecular weight is 404 g/mol. The van der Waals surface area contributed by atoms with Gasteiger partial charge in [0.05, 0.1) is 18.7 Å². The van der Waals surface area contributed by atoms with E-state index in [9.17, 15) is 9.59 Å². The van der Waals surface area contributed by atoms with E-state index in [2.05, 4.69) is 4.98 Å². The van der Waals surface area contributed by atoms with Gasteiger partial charge in [-0.2, -0.15) is 0 Å². The number of ether oxygens (including phenoxy) is 2. The second-order valence-corrected chi connectivity index (χ2v) is 6.71. The first-order valence-corrected chi connectivity index (χ1v) is 9.72. The maximum Gasteiger partial charge on any atom is 0.338 e. The van der Waals surface area contributed by atoms with Crippen LogP contribution in [0.15, 0.2) is 73.1 Å². The van der Waals surface area contributed by atoms with Crippen molar-refractivity contribution in [2.24, 2.45) is 0 Å². The summed E-state index contributed by atoms with van der Waals surface area (Å²) in [5, 5.41) is 0. The normalized spacial score (nSPS) is 10.3. The molecule has 0 N–H and O–H groups in total. The van der Waals surface area contributed by atoms with E-state index in [0.717, 1.165) is 11.1 Å². The van der Waals surface area contributed by atoms with Gasteiger partial charge in [-0.25, -0.2) is 4.79 Å². The van der Waals surface area contributed by atoms with E-state index in [-0.39, 0.29) is 12.5 Å². The zero-order chi connectivity index (χ0) is 21.3. The first-order chi connectivity index (χ1) is 14.6. The molecule has 6 heteroatoms. The molecule has 0 radical (unpaired) electrons. The van der Waals surface area contributed by atoms with Gasteiger partial charge < -0.3 is 14.4 Å². The minimum absolute atomic E-state index is 0.108. The van der Waals surface area contributed by atoms with Crippen molar-refractivity contribution in [3.8, 4) is 5.75 Å². The standard InChI is InChI=1S/C24H24N2O4/c1-3-29-24(28)20-9-11-21(12-10-20)26(16-19-7-5-13-25-15-19)23(27)17-30-22-8-4-6-18(2)14-22/h4-15H,3,16-17H2,1-2H3. The Morgan fingerprint density at radius 2 is 1.83 bits per heavy atom. The molecule has 30 heavy (non-hydrogen) atoms. The Labute approximate surface area is 176 Å². The summed E-state index contributed by atoms with van der Waals surface area (Å²) in [6, 6.07) is 18.0. The van der Waals surface area contributed by atoms with Crippen molar-refractivity contribution in [3.05, 3.63) is 89.7 Å². The quantitative estimate of drug-likeness (QED) is 0.527. The van der Waals surface area contributed by atoms with Crippen molar-refractivity contribution < 1.29 is 19.1 Å². The van der Waals surface area contributed by atoms with Crippen molar-refractivity contribution in [2.45, 2.75) is 20.4 Å². The van der Waals surface area contributed by atoms with E-state index < -0.39 is 5.97 Å². The minimum Gasteiger partial charge on any atom is -0.484 e. The number of rotatable bonds is 8. The number of carbonyl (C=O) groups is 2. The number of nitrogens with zero attached hydrogens (tertiary/aromatic N) is 2. The minimum atomic E-state index is -0.392. The lowest BCUT2D eigenvalue weighted by Crippen LogP contribution is -2.34. The van der Waals surface area contributed by atoms with Gasteiger partial charge >= 0.3 is 5.97 Å². The Morgan fingerprint density at radius 3 is 2.50 bits per heavy atom. The second-order valence-electron chi connectivity index (χ2n) is 6.71. The Hall–Kier alpha value is -3.67.